The number of carbonyl (C=O) groups excluding carboxylic acids is 2. The summed E-state index contributed by atoms with van der Waals surface area (Å²) in [5.41, 5.74) is 1.23. The van der Waals surface area contributed by atoms with Crippen molar-refractivity contribution in [3.63, 3.8) is 0 Å². The van der Waals surface area contributed by atoms with E-state index in [0.29, 0.717) is 5.02 Å². The first-order valence-corrected chi connectivity index (χ1v) is 7.18. The fourth-order valence-electron chi connectivity index (χ4n) is 1.96. The smallest absolute Gasteiger partial charge is 0.355 e. The zero-order valence-electron chi connectivity index (χ0n) is 12.4. The lowest BCUT2D eigenvalue weighted by atomic mass is 10.1. The number of likely N-dealkylation sites (N-methyl/N-ethyl adjacent to an activating group) is 1. The van der Waals surface area contributed by atoms with Crippen LogP contribution in [0, 0.1) is 0 Å². The first-order valence-electron chi connectivity index (χ1n) is 6.80. The molecule has 1 N–H and O–H groups in total. The van der Waals surface area contributed by atoms with Gasteiger partial charge in [0.25, 0.3) is 5.91 Å². The molecule has 5 nitrogen and oxygen atoms in total. The molecule has 0 spiro atoms. The molecule has 0 fully saturated rings. The van der Waals surface area contributed by atoms with E-state index in [2.05, 4.69) is 4.98 Å². The Morgan fingerprint density at radius 2 is 2.00 bits per heavy atom. The molecule has 1 heterocycles. The summed E-state index contributed by atoms with van der Waals surface area (Å²) < 4.78 is 4.99. The molecule has 0 saturated carbocycles. The van der Waals surface area contributed by atoms with Gasteiger partial charge in [0.1, 0.15) is 5.69 Å². The molecule has 0 saturated heterocycles. The SMILES string of the molecule is CC(c1ccccc1)N(C)C(=O)COC(=O)c1cc(Cl)c[nH]1. The highest BCUT2D eigenvalue weighted by molar-refractivity contribution is 6.30. The molecule has 1 amide bonds. The minimum Gasteiger partial charge on any atom is -0.451 e. The third kappa shape index (κ3) is 3.89. The predicted octanol–water partition coefficient (Wildman–Crippen LogP) is 3.04. The highest BCUT2D eigenvalue weighted by Crippen LogP contribution is 2.18. The Hall–Kier alpha value is -2.27. The molecule has 2 rings (SSSR count). The van der Waals surface area contributed by atoms with E-state index in [-0.39, 0.29) is 24.2 Å². The molecular formula is C16H17ClN2O3. The van der Waals surface area contributed by atoms with Crippen LogP contribution in [-0.2, 0) is 9.53 Å². The number of amides is 1. The van der Waals surface area contributed by atoms with Crippen molar-refractivity contribution in [3.05, 3.63) is 58.9 Å². The highest BCUT2D eigenvalue weighted by atomic mass is 35.5. The molecule has 0 aliphatic heterocycles. The second-order valence-electron chi connectivity index (χ2n) is 4.90. The molecule has 2 aromatic rings. The van der Waals surface area contributed by atoms with Gasteiger partial charge in [0, 0.05) is 13.2 Å². The van der Waals surface area contributed by atoms with Crippen LogP contribution in [0.3, 0.4) is 0 Å². The van der Waals surface area contributed by atoms with Crippen molar-refractivity contribution in [2.75, 3.05) is 13.7 Å². The van der Waals surface area contributed by atoms with Gasteiger partial charge in [-0.25, -0.2) is 4.79 Å². The van der Waals surface area contributed by atoms with Crippen LogP contribution in [0.1, 0.15) is 29.0 Å². The number of rotatable bonds is 5. The normalized spacial score (nSPS) is 11.8. The summed E-state index contributed by atoms with van der Waals surface area (Å²) in [6.45, 7) is 1.60. The molecular weight excluding hydrogens is 304 g/mol. The van der Waals surface area contributed by atoms with Gasteiger partial charge in [-0.3, -0.25) is 4.79 Å². The maximum absolute atomic E-state index is 12.1. The molecule has 6 heteroatoms. The summed E-state index contributed by atoms with van der Waals surface area (Å²) in [5.74, 6) is -0.886. The van der Waals surface area contributed by atoms with Gasteiger partial charge in [-0.05, 0) is 18.6 Å². The summed E-state index contributed by atoms with van der Waals surface area (Å²) in [6.07, 6.45) is 1.48. The van der Waals surface area contributed by atoms with Crippen molar-refractivity contribution in [3.8, 4) is 0 Å². The van der Waals surface area contributed by atoms with Crippen molar-refractivity contribution in [1.29, 1.82) is 0 Å². The number of esters is 1. The number of aromatic amines is 1. The summed E-state index contributed by atoms with van der Waals surface area (Å²) >= 11 is 5.71. The van der Waals surface area contributed by atoms with Crippen LogP contribution in [-0.4, -0.2) is 35.4 Å². The van der Waals surface area contributed by atoms with Gasteiger partial charge in [0.15, 0.2) is 6.61 Å². The number of H-pyrrole nitrogens is 1. The Bertz CT molecular complexity index is 654. The zero-order chi connectivity index (χ0) is 16.1. The van der Waals surface area contributed by atoms with Gasteiger partial charge in [-0.15, -0.1) is 0 Å². The first kappa shape index (κ1) is 16.1. The maximum Gasteiger partial charge on any atom is 0.355 e. The number of benzene rings is 1. The summed E-state index contributed by atoms with van der Waals surface area (Å²) in [7, 11) is 1.68. The minimum atomic E-state index is -0.610. The maximum atomic E-state index is 12.1. The van der Waals surface area contributed by atoms with Gasteiger partial charge in [-0.2, -0.15) is 0 Å². The monoisotopic (exact) mass is 320 g/mol. The Labute approximate surface area is 133 Å². The predicted molar refractivity (Wildman–Crippen MR) is 83.7 cm³/mol. The van der Waals surface area contributed by atoms with Crippen LogP contribution in [0.4, 0.5) is 0 Å². The summed E-state index contributed by atoms with van der Waals surface area (Å²) in [5, 5.41) is 0.410. The third-order valence-corrected chi connectivity index (χ3v) is 3.67. The lowest BCUT2D eigenvalue weighted by Gasteiger charge is -2.25. The average molecular weight is 321 g/mol. The molecule has 1 aromatic carbocycles. The topological polar surface area (TPSA) is 62.4 Å². The lowest BCUT2D eigenvalue weighted by molar-refractivity contribution is -0.135. The van der Waals surface area contributed by atoms with E-state index >= 15 is 0 Å². The van der Waals surface area contributed by atoms with Crippen molar-refractivity contribution < 1.29 is 14.3 Å². The first-order chi connectivity index (χ1) is 10.5. The Kier molecular flexibility index (Phi) is 5.22. The lowest BCUT2D eigenvalue weighted by Crippen LogP contribution is -2.33. The molecule has 1 aromatic heterocycles. The standard InChI is InChI=1S/C16H17ClN2O3/c1-11(12-6-4-3-5-7-12)19(2)15(20)10-22-16(21)14-8-13(17)9-18-14/h3-9,11,18H,10H2,1-2H3. The van der Waals surface area contributed by atoms with E-state index < -0.39 is 5.97 Å². The number of hydrogen-bond acceptors (Lipinski definition) is 3. The molecule has 22 heavy (non-hydrogen) atoms. The Balaban J connectivity index is 1.90. The van der Waals surface area contributed by atoms with E-state index in [1.165, 1.54) is 12.3 Å². The van der Waals surface area contributed by atoms with Gasteiger partial charge in [0.2, 0.25) is 0 Å². The molecule has 0 aliphatic carbocycles. The van der Waals surface area contributed by atoms with Crippen molar-refractivity contribution >= 4 is 23.5 Å². The third-order valence-electron chi connectivity index (χ3n) is 3.45. The number of hydrogen-bond donors (Lipinski definition) is 1. The van der Waals surface area contributed by atoms with Crippen molar-refractivity contribution in [1.82, 2.24) is 9.88 Å². The minimum absolute atomic E-state index is 0.104. The fraction of sp³-hybridized carbons (Fsp3) is 0.250. The molecule has 0 radical (unpaired) electrons. The van der Waals surface area contributed by atoms with Gasteiger partial charge in [0.05, 0.1) is 11.1 Å². The van der Waals surface area contributed by atoms with Crippen molar-refractivity contribution in [2.24, 2.45) is 0 Å². The second kappa shape index (κ2) is 7.13. The van der Waals surface area contributed by atoms with Crippen LogP contribution in [0.2, 0.25) is 5.02 Å². The van der Waals surface area contributed by atoms with Crippen LogP contribution < -0.4 is 0 Å². The van der Waals surface area contributed by atoms with E-state index in [1.54, 1.807) is 11.9 Å². The highest BCUT2D eigenvalue weighted by Gasteiger charge is 2.19. The van der Waals surface area contributed by atoms with Crippen LogP contribution in [0.5, 0.6) is 0 Å². The van der Waals surface area contributed by atoms with Gasteiger partial charge in [-0.1, -0.05) is 41.9 Å². The van der Waals surface area contributed by atoms with Gasteiger partial charge < -0.3 is 14.6 Å². The number of carbonyl (C=O) groups is 2. The average Bonchev–Trinajstić information content (AvgIpc) is 2.98. The molecule has 116 valence electrons. The fourth-order valence-corrected chi connectivity index (χ4v) is 2.13. The number of halogens is 1. The number of nitrogens with zero attached hydrogens (tertiary/aromatic N) is 1. The van der Waals surface area contributed by atoms with Crippen LogP contribution in [0.25, 0.3) is 0 Å². The van der Waals surface area contributed by atoms with E-state index in [1.807, 2.05) is 37.3 Å². The summed E-state index contributed by atoms with van der Waals surface area (Å²) in [4.78, 5) is 28.1. The number of nitrogens with one attached hydrogen (secondary N) is 1. The van der Waals surface area contributed by atoms with Gasteiger partial charge >= 0.3 is 5.97 Å². The molecule has 1 atom stereocenters. The van der Waals surface area contributed by atoms with Crippen molar-refractivity contribution in [2.45, 2.75) is 13.0 Å². The van der Waals surface area contributed by atoms with E-state index in [0.717, 1.165) is 5.56 Å². The largest absolute Gasteiger partial charge is 0.451 e. The Morgan fingerprint density at radius 1 is 1.32 bits per heavy atom. The Morgan fingerprint density at radius 3 is 2.59 bits per heavy atom. The van der Waals surface area contributed by atoms with E-state index in [4.69, 9.17) is 16.3 Å². The molecule has 0 bridgehead atoms. The second-order valence-corrected chi connectivity index (χ2v) is 5.34. The number of ether oxygens (including phenoxy) is 1. The van der Waals surface area contributed by atoms with Crippen LogP contribution >= 0.6 is 11.6 Å². The molecule has 1 unspecified atom stereocenters. The zero-order valence-corrected chi connectivity index (χ0v) is 13.1. The molecule has 0 aliphatic rings. The van der Waals surface area contributed by atoms with E-state index in [9.17, 15) is 9.59 Å². The number of aromatic nitrogens is 1. The quantitative estimate of drug-likeness (QED) is 0.861. The summed E-state index contributed by atoms with van der Waals surface area (Å²) in [6, 6.07) is 11.0. The van der Waals surface area contributed by atoms with Crippen LogP contribution in [0.15, 0.2) is 42.6 Å².